The summed E-state index contributed by atoms with van der Waals surface area (Å²) in [6.07, 6.45) is 1.77. The maximum Gasteiger partial charge on any atom is 0.316 e. The van der Waals surface area contributed by atoms with Crippen molar-refractivity contribution in [3.8, 4) is 0 Å². The molecule has 0 aliphatic rings. The smallest absolute Gasteiger partial charge is 0.316 e. The number of rotatable bonds is 5. The van der Waals surface area contributed by atoms with Gasteiger partial charge in [0.1, 0.15) is 16.4 Å². The van der Waals surface area contributed by atoms with Crippen LogP contribution in [0.1, 0.15) is 9.88 Å². The van der Waals surface area contributed by atoms with Crippen molar-refractivity contribution in [1.29, 1.82) is 0 Å². The van der Waals surface area contributed by atoms with E-state index in [9.17, 15) is 10.1 Å². The molecule has 0 saturated heterocycles. The second kappa shape index (κ2) is 5.63. The minimum atomic E-state index is -0.468. The fraction of sp³-hybridized carbons (Fsp3) is 0.182. The van der Waals surface area contributed by atoms with Crippen LogP contribution in [0.2, 0.25) is 0 Å². The molecule has 0 unspecified atom stereocenters. The fourth-order valence-corrected chi connectivity index (χ4v) is 2.38. The quantitative estimate of drug-likeness (QED) is 0.440. The minimum Gasteiger partial charge on any atom is -0.373 e. The molecule has 2 rings (SSSR count). The largest absolute Gasteiger partial charge is 0.373 e. The molecule has 1 aromatic carbocycles. The third-order valence-electron chi connectivity index (χ3n) is 2.47. The van der Waals surface area contributed by atoms with Crippen molar-refractivity contribution in [2.75, 3.05) is 10.7 Å². The topological polar surface area (TPSA) is 106 Å². The molecule has 1 aromatic heterocycles. The Morgan fingerprint density at radius 2 is 2.21 bits per heavy atom. The van der Waals surface area contributed by atoms with Crippen LogP contribution in [0.3, 0.4) is 0 Å². The van der Waals surface area contributed by atoms with Crippen molar-refractivity contribution in [2.45, 2.75) is 13.5 Å². The lowest BCUT2D eigenvalue weighted by Crippen LogP contribution is -2.11. The molecule has 7 nitrogen and oxygen atoms in total. The number of benzene rings is 1. The van der Waals surface area contributed by atoms with Crippen LogP contribution < -0.4 is 16.6 Å². The SMILES string of the molecule is Cc1cnc(CNc2cccc(NN)c2[N+](=O)[O-])s1. The van der Waals surface area contributed by atoms with Crippen LogP contribution in [-0.4, -0.2) is 9.91 Å². The minimum absolute atomic E-state index is 0.0710. The molecule has 4 N–H and O–H groups in total. The highest BCUT2D eigenvalue weighted by atomic mass is 32.1. The van der Waals surface area contributed by atoms with Gasteiger partial charge in [0.05, 0.1) is 11.5 Å². The molecule has 0 spiro atoms. The van der Waals surface area contributed by atoms with Crippen molar-refractivity contribution in [2.24, 2.45) is 5.84 Å². The van der Waals surface area contributed by atoms with Gasteiger partial charge >= 0.3 is 5.69 Å². The van der Waals surface area contributed by atoms with Crippen molar-refractivity contribution >= 4 is 28.4 Å². The summed E-state index contributed by atoms with van der Waals surface area (Å²) in [5.74, 6) is 5.28. The summed E-state index contributed by atoms with van der Waals surface area (Å²) in [5, 5.41) is 15.0. The summed E-state index contributed by atoms with van der Waals surface area (Å²) in [6, 6.07) is 4.88. The molecular weight excluding hydrogens is 266 g/mol. The summed E-state index contributed by atoms with van der Waals surface area (Å²) < 4.78 is 0. The molecule has 0 aliphatic heterocycles. The molecule has 8 heteroatoms. The second-order valence-electron chi connectivity index (χ2n) is 3.82. The van der Waals surface area contributed by atoms with E-state index in [0.29, 0.717) is 12.2 Å². The normalized spacial score (nSPS) is 10.2. The van der Waals surface area contributed by atoms with E-state index in [1.165, 1.54) is 0 Å². The number of nitro benzene ring substituents is 1. The molecule has 0 atom stereocenters. The Hall–Kier alpha value is -2.19. The molecule has 100 valence electrons. The van der Waals surface area contributed by atoms with E-state index in [1.54, 1.807) is 35.7 Å². The number of hydrazine groups is 1. The average Bonchev–Trinajstić information content (AvgIpc) is 2.81. The van der Waals surface area contributed by atoms with Crippen molar-refractivity contribution in [1.82, 2.24) is 4.98 Å². The standard InChI is InChI=1S/C11H13N5O2S/c1-7-5-14-10(19-7)6-13-8-3-2-4-9(15-12)11(8)16(17)18/h2-5,13,15H,6,12H2,1H3. The molecule has 0 bridgehead atoms. The van der Waals surface area contributed by atoms with Gasteiger partial charge < -0.3 is 10.7 Å². The number of nitrogens with one attached hydrogen (secondary N) is 2. The molecule has 19 heavy (non-hydrogen) atoms. The average molecular weight is 279 g/mol. The molecule has 0 aliphatic carbocycles. The molecule has 0 amide bonds. The van der Waals surface area contributed by atoms with Crippen LogP contribution in [0, 0.1) is 17.0 Å². The third-order valence-corrected chi connectivity index (χ3v) is 3.39. The Bertz CT molecular complexity index is 599. The summed E-state index contributed by atoms with van der Waals surface area (Å²) >= 11 is 1.55. The fourth-order valence-electron chi connectivity index (χ4n) is 1.65. The highest BCUT2D eigenvalue weighted by molar-refractivity contribution is 7.11. The first kappa shape index (κ1) is 13.2. The Morgan fingerprint density at radius 1 is 1.47 bits per heavy atom. The number of thiazole rings is 1. The molecule has 2 aromatic rings. The number of aromatic nitrogens is 1. The predicted molar refractivity (Wildman–Crippen MR) is 75.1 cm³/mol. The summed E-state index contributed by atoms with van der Waals surface area (Å²) in [7, 11) is 0. The number of nitrogens with two attached hydrogens (primary N) is 1. The predicted octanol–water partition coefficient (Wildman–Crippen LogP) is 2.26. The number of hydrogen-bond donors (Lipinski definition) is 3. The first-order chi connectivity index (χ1) is 9.11. The summed E-state index contributed by atoms with van der Waals surface area (Å²) in [6.45, 7) is 2.40. The van der Waals surface area contributed by atoms with Crippen LogP contribution >= 0.6 is 11.3 Å². The number of anilines is 2. The van der Waals surface area contributed by atoms with Gasteiger partial charge in [0, 0.05) is 11.1 Å². The Kier molecular flexibility index (Phi) is 3.93. The number of nitro groups is 1. The molecule has 1 heterocycles. The van der Waals surface area contributed by atoms with Crippen molar-refractivity contribution < 1.29 is 4.92 Å². The van der Waals surface area contributed by atoms with Gasteiger partial charge in [0.15, 0.2) is 0 Å². The van der Waals surface area contributed by atoms with E-state index < -0.39 is 4.92 Å². The lowest BCUT2D eigenvalue weighted by Gasteiger charge is -2.08. The van der Waals surface area contributed by atoms with Gasteiger partial charge in [0.25, 0.3) is 0 Å². The van der Waals surface area contributed by atoms with Gasteiger partial charge in [-0.05, 0) is 19.1 Å². The lowest BCUT2D eigenvalue weighted by atomic mass is 10.2. The van der Waals surface area contributed by atoms with E-state index in [2.05, 4.69) is 15.7 Å². The zero-order valence-electron chi connectivity index (χ0n) is 10.2. The number of para-hydroxylation sites is 1. The van der Waals surface area contributed by atoms with Crippen LogP contribution in [0.5, 0.6) is 0 Å². The van der Waals surface area contributed by atoms with Crippen LogP contribution in [0.4, 0.5) is 17.1 Å². The van der Waals surface area contributed by atoms with E-state index >= 15 is 0 Å². The van der Waals surface area contributed by atoms with Gasteiger partial charge in [0.2, 0.25) is 0 Å². The number of nitrogen functional groups attached to an aromatic ring is 1. The Labute approximate surface area is 113 Å². The molecule has 0 saturated carbocycles. The maximum absolute atomic E-state index is 11.1. The Morgan fingerprint density at radius 3 is 2.79 bits per heavy atom. The highest BCUT2D eigenvalue weighted by Gasteiger charge is 2.18. The van der Waals surface area contributed by atoms with Crippen molar-refractivity contribution in [3.05, 3.63) is 44.4 Å². The van der Waals surface area contributed by atoms with Gasteiger partial charge in [-0.2, -0.15) is 0 Å². The first-order valence-electron chi connectivity index (χ1n) is 5.51. The summed E-state index contributed by atoms with van der Waals surface area (Å²) in [5.41, 5.74) is 2.93. The number of nitrogens with zero attached hydrogens (tertiary/aromatic N) is 2. The Balaban J connectivity index is 2.22. The highest BCUT2D eigenvalue weighted by Crippen LogP contribution is 2.32. The monoisotopic (exact) mass is 279 g/mol. The number of aryl methyl sites for hydroxylation is 1. The van der Waals surface area contributed by atoms with E-state index in [-0.39, 0.29) is 11.4 Å². The lowest BCUT2D eigenvalue weighted by molar-refractivity contribution is -0.383. The van der Waals surface area contributed by atoms with Gasteiger partial charge in [-0.1, -0.05) is 6.07 Å². The van der Waals surface area contributed by atoms with E-state index in [4.69, 9.17) is 5.84 Å². The van der Waals surface area contributed by atoms with Crippen molar-refractivity contribution in [3.63, 3.8) is 0 Å². The van der Waals surface area contributed by atoms with E-state index in [1.807, 2.05) is 6.92 Å². The van der Waals surface area contributed by atoms with Crippen LogP contribution in [0.15, 0.2) is 24.4 Å². The summed E-state index contributed by atoms with van der Waals surface area (Å²) in [4.78, 5) is 15.9. The molecule has 0 fully saturated rings. The molecular formula is C11H13N5O2S. The number of hydrogen-bond acceptors (Lipinski definition) is 7. The maximum atomic E-state index is 11.1. The van der Waals surface area contributed by atoms with Gasteiger partial charge in [-0.15, -0.1) is 11.3 Å². The van der Waals surface area contributed by atoms with Gasteiger partial charge in [-0.25, -0.2) is 4.98 Å². The van der Waals surface area contributed by atoms with Gasteiger partial charge in [-0.3, -0.25) is 16.0 Å². The second-order valence-corrected chi connectivity index (χ2v) is 5.14. The zero-order chi connectivity index (χ0) is 13.8. The first-order valence-corrected chi connectivity index (χ1v) is 6.32. The zero-order valence-corrected chi connectivity index (χ0v) is 11.0. The van der Waals surface area contributed by atoms with Crippen LogP contribution in [-0.2, 0) is 6.54 Å². The third kappa shape index (κ3) is 2.98. The van der Waals surface area contributed by atoms with Crippen LogP contribution in [0.25, 0.3) is 0 Å². The molecule has 0 radical (unpaired) electrons. The van der Waals surface area contributed by atoms with E-state index in [0.717, 1.165) is 9.88 Å².